The zero-order valence-corrected chi connectivity index (χ0v) is 40.4. The van der Waals surface area contributed by atoms with Gasteiger partial charge in [-0.25, -0.2) is 0 Å². The Morgan fingerprint density at radius 3 is 1.35 bits per heavy atom. The fourth-order valence-electron chi connectivity index (χ4n) is 8.53. The van der Waals surface area contributed by atoms with Crippen LogP contribution >= 0.6 is 0 Å². The number of carbonyl (C=O) groups is 1. The minimum atomic E-state index is -1.57. The molecule has 1 fully saturated rings. The Kier molecular flexibility index (Phi) is 41.2. The number of hydrogen-bond acceptors (Lipinski definition) is 8. The van der Waals surface area contributed by atoms with E-state index in [9.17, 15) is 30.3 Å². The SMILES string of the molecule is CCCCCC/C=C/CC/C=C/C(O)C(COC1OC(CO)C(O)C(O)C1O)NC(=O)CCCCCCCCCCCCCCCCCCCCCCCCCCCCCCC. The molecule has 1 amide bonds. The lowest BCUT2D eigenvalue weighted by Gasteiger charge is -2.40. The first kappa shape index (κ1) is 58.7. The number of hydrogen-bond donors (Lipinski definition) is 6. The lowest BCUT2D eigenvalue weighted by atomic mass is 9.99. The van der Waals surface area contributed by atoms with Crippen LogP contribution in [0.25, 0.3) is 0 Å². The van der Waals surface area contributed by atoms with Gasteiger partial charge in [-0.15, -0.1) is 0 Å². The summed E-state index contributed by atoms with van der Waals surface area (Å²) >= 11 is 0. The lowest BCUT2D eigenvalue weighted by molar-refractivity contribution is -0.302. The van der Waals surface area contributed by atoms with Gasteiger partial charge in [-0.3, -0.25) is 4.79 Å². The summed E-state index contributed by atoms with van der Waals surface area (Å²) in [6.45, 7) is 3.74. The summed E-state index contributed by atoms with van der Waals surface area (Å²) in [5.74, 6) is -0.184. The highest BCUT2D eigenvalue weighted by molar-refractivity contribution is 5.76. The van der Waals surface area contributed by atoms with Gasteiger partial charge in [0.25, 0.3) is 0 Å². The van der Waals surface area contributed by atoms with Crippen molar-refractivity contribution in [3.63, 3.8) is 0 Å². The third-order valence-corrected chi connectivity index (χ3v) is 12.8. The number of amides is 1. The molecular weight excluding hydrogens is 779 g/mol. The van der Waals surface area contributed by atoms with Crippen molar-refractivity contribution in [3.8, 4) is 0 Å². The third-order valence-electron chi connectivity index (χ3n) is 12.8. The fraction of sp³-hybridized carbons (Fsp3) is 0.906. The number of unbranched alkanes of at least 4 members (excludes halogenated alkanes) is 33. The minimum Gasteiger partial charge on any atom is -0.394 e. The maximum atomic E-state index is 13.0. The molecule has 62 heavy (non-hydrogen) atoms. The first-order valence-electron chi connectivity index (χ1n) is 26.6. The molecule has 7 unspecified atom stereocenters. The number of aliphatic hydroxyl groups is 5. The Morgan fingerprint density at radius 2 is 0.919 bits per heavy atom. The van der Waals surface area contributed by atoms with Gasteiger partial charge in [-0.1, -0.05) is 237 Å². The van der Waals surface area contributed by atoms with E-state index in [2.05, 4.69) is 31.3 Å². The van der Waals surface area contributed by atoms with Crippen molar-refractivity contribution < 1.29 is 39.8 Å². The monoisotopic (exact) mass is 880 g/mol. The Hall–Kier alpha value is -1.33. The predicted molar refractivity (Wildman–Crippen MR) is 258 cm³/mol. The predicted octanol–water partition coefficient (Wildman–Crippen LogP) is 12.2. The van der Waals surface area contributed by atoms with E-state index in [4.69, 9.17) is 9.47 Å². The summed E-state index contributed by atoms with van der Waals surface area (Å²) in [4.78, 5) is 13.0. The summed E-state index contributed by atoms with van der Waals surface area (Å²) in [5, 5.41) is 54.1. The van der Waals surface area contributed by atoms with Gasteiger partial charge < -0.3 is 40.3 Å². The molecule has 0 radical (unpaired) electrons. The Balaban J connectivity index is 2.12. The Bertz CT molecular complexity index is 1020. The fourth-order valence-corrected chi connectivity index (χ4v) is 8.53. The second-order valence-corrected chi connectivity index (χ2v) is 18.7. The van der Waals surface area contributed by atoms with E-state index in [0.717, 1.165) is 38.5 Å². The molecule has 0 spiro atoms. The van der Waals surface area contributed by atoms with Gasteiger partial charge in [0.1, 0.15) is 24.4 Å². The van der Waals surface area contributed by atoms with E-state index < -0.39 is 49.5 Å². The van der Waals surface area contributed by atoms with Crippen molar-refractivity contribution in [1.82, 2.24) is 5.32 Å². The van der Waals surface area contributed by atoms with Crippen molar-refractivity contribution in [2.75, 3.05) is 13.2 Å². The third kappa shape index (κ3) is 33.2. The van der Waals surface area contributed by atoms with Gasteiger partial charge in [0.05, 0.1) is 25.4 Å². The summed E-state index contributed by atoms with van der Waals surface area (Å²) < 4.78 is 11.2. The van der Waals surface area contributed by atoms with Gasteiger partial charge in [-0.2, -0.15) is 0 Å². The molecule has 0 aromatic rings. The van der Waals surface area contributed by atoms with Crippen LogP contribution in [0.15, 0.2) is 24.3 Å². The van der Waals surface area contributed by atoms with Gasteiger partial charge in [-0.05, 0) is 32.1 Å². The number of carbonyl (C=O) groups excluding carboxylic acids is 1. The summed E-state index contributed by atoms with van der Waals surface area (Å²) in [5.41, 5.74) is 0. The molecule has 0 saturated carbocycles. The van der Waals surface area contributed by atoms with Crippen LogP contribution in [-0.4, -0.2) is 87.5 Å². The molecule has 0 bridgehead atoms. The maximum Gasteiger partial charge on any atom is 0.220 e. The average molecular weight is 880 g/mol. The smallest absolute Gasteiger partial charge is 0.220 e. The van der Waals surface area contributed by atoms with E-state index in [1.54, 1.807) is 6.08 Å². The van der Waals surface area contributed by atoms with E-state index in [-0.39, 0.29) is 12.5 Å². The van der Waals surface area contributed by atoms with Crippen LogP contribution in [0.1, 0.15) is 251 Å². The molecule has 1 rings (SSSR count). The average Bonchev–Trinajstić information content (AvgIpc) is 3.27. The van der Waals surface area contributed by atoms with Gasteiger partial charge >= 0.3 is 0 Å². The quantitative estimate of drug-likeness (QED) is 0.0262. The standard InChI is InChI=1S/C53H101NO8/c1-3-5-7-9-11-13-15-16-17-18-19-20-21-22-23-24-25-26-27-28-29-30-31-32-33-35-37-39-41-43-49(57)54-46(45-61-53-52(60)51(59)50(58)48(44-55)62-53)47(56)42-40-38-36-34-14-12-10-8-6-4-2/h14,34,40,42,46-48,50-53,55-56,58-60H,3-13,15-33,35-39,41,43-45H2,1-2H3,(H,54,57)/b34-14+,42-40+. The molecule has 6 N–H and O–H groups in total. The van der Waals surface area contributed by atoms with Crippen LogP contribution in [-0.2, 0) is 14.3 Å². The number of aliphatic hydroxyl groups excluding tert-OH is 5. The van der Waals surface area contributed by atoms with Crippen molar-refractivity contribution in [2.45, 2.75) is 294 Å². The summed E-state index contributed by atoms with van der Waals surface area (Å²) in [7, 11) is 0. The Labute approximate surface area is 381 Å². The van der Waals surface area contributed by atoms with Gasteiger partial charge in [0, 0.05) is 6.42 Å². The molecule has 0 aliphatic carbocycles. The number of rotatable bonds is 45. The molecule has 0 aromatic carbocycles. The van der Waals surface area contributed by atoms with E-state index >= 15 is 0 Å². The van der Waals surface area contributed by atoms with Crippen LogP contribution in [0, 0.1) is 0 Å². The molecule has 0 aromatic heterocycles. The number of ether oxygens (including phenoxy) is 2. The normalized spacial score (nSPS) is 20.4. The zero-order valence-electron chi connectivity index (χ0n) is 40.4. The summed E-state index contributed by atoms with van der Waals surface area (Å²) in [6.07, 6.45) is 47.0. The van der Waals surface area contributed by atoms with Crippen molar-refractivity contribution in [3.05, 3.63) is 24.3 Å². The first-order valence-corrected chi connectivity index (χ1v) is 26.6. The van der Waals surface area contributed by atoms with Crippen LogP contribution in [0.5, 0.6) is 0 Å². The number of nitrogens with one attached hydrogen (secondary N) is 1. The second-order valence-electron chi connectivity index (χ2n) is 18.7. The molecule has 1 aliphatic rings. The van der Waals surface area contributed by atoms with Crippen LogP contribution in [0.4, 0.5) is 0 Å². The van der Waals surface area contributed by atoms with Gasteiger partial charge in [0.2, 0.25) is 5.91 Å². The Morgan fingerprint density at radius 1 is 0.532 bits per heavy atom. The molecule has 366 valence electrons. The molecule has 1 aliphatic heterocycles. The van der Waals surface area contributed by atoms with E-state index in [1.807, 2.05) is 6.08 Å². The molecule has 1 saturated heterocycles. The molecular formula is C53H101NO8. The molecule has 9 heteroatoms. The van der Waals surface area contributed by atoms with Crippen LogP contribution < -0.4 is 5.32 Å². The van der Waals surface area contributed by atoms with E-state index in [1.165, 1.54) is 193 Å². The molecule has 9 nitrogen and oxygen atoms in total. The zero-order chi connectivity index (χ0) is 45.1. The topological polar surface area (TPSA) is 149 Å². The second kappa shape index (κ2) is 43.6. The number of allylic oxidation sites excluding steroid dienone is 3. The highest BCUT2D eigenvalue weighted by atomic mass is 16.7. The van der Waals surface area contributed by atoms with Crippen LogP contribution in [0.3, 0.4) is 0 Å². The lowest BCUT2D eigenvalue weighted by Crippen LogP contribution is -2.60. The van der Waals surface area contributed by atoms with Gasteiger partial charge in [0.15, 0.2) is 6.29 Å². The highest BCUT2D eigenvalue weighted by Gasteiger charge is 2.44. The minimum absolute atomic E-state index is 0.184. The van der Waals surface area contributed by atoms with E-state index in [0.29, 0.717) is 6.42 Å². The van der Waals surface area contributed by atoms with Crippen molar-refractivity contribution in [2.24, 2.45) is 0 Å². The summed E-state index contributed by atoms with van der Waals surface area (Å²) in [6, 6.07) is -0.816. The largest absolute Gasteiger partial charge is 0.394 e. The van der Waals surface area contributed by atoms with Crippen molar-refractivity contribution in [1.29, 1.82) is 0 Å². The maximum absolute atomic E-state index is 13.0. The highest BCUT2D eigenvalue weighted by Crippen LogP contribution is 2.23. The van der Waals surface area contributed by atoms with Crippen LogP contribution in [0.2, 0.25) is 0 Å². The molecule has 1 heterocycles. The van der Waals surface area contributed by atoms with Crippen molar-refractivity contribution >= 4 is 5.91 Å². The first-order chi connectivity index (χ1) is 30.3. The molecule has 7 atom stereocenters.